The second-order valence-electron chi connectivity index (χ2n) is 15.2. The van der Waals surface area contributed by atoms with Crippen LogP contribution in [-0.4, -0.2) is 75.5 Å². The Morgan fingerprint density at radius 2 is 1.07 bits per heavy atom. The lowest BCUT2D eigenvalue weighted by atomic mass is 10.1. The number of rotatable bonds is 37. The fourth-order valence-corrected chi connectivity index (χ4v) is 5.76. The molecule has 0 aliphatic heterocycles. The third-order valence-corrected chi connectivity index (χ3v) is 9.10. The number of hydrogen-bond acceptors (Lipinski definition) is 7. The van der Waals surface area contributed by atoms with Crippen molar-refractivity contribution >= 4 is 17.9 Å². The van der Waals surface area contributed by atoms with E-state index in [1.54, 1.807) is 21.1 Å². The lowest BCUT2D eigenvalue weighted by Gasteiger charge is -2.34. The molecule has 0 heterocycles. The molecular weight excluding hydrogens is 691 g/mol. The average molecular weight is 770 g/mol. The standard InChI is InChI=1S/C47H79NO7/c1-6-8-10-12-14-16-18-20-22-24-26-28-30-32-34-36-38-46(50)55-43(41-53-40-39-44(47(51)52)48(3,4)5)42-54-45(49)37-35-33-31-29-27-25-23-21-19-17-15-13-11-9-7-2/h8,10,14-17,19-22,26,28,43-44H,6-7,9,11-13,18,23-25,27,29-42H2,1-5H3/b10-8+,16-14+,17-15+,21-19+,22-20+,28-26+. The number of hydrogen-bond donors (Lipinski definition) is 0. The molecule has 2 atom stereocenters. The van der Waals surface area contributed by atoms with Gasteiger partial charge >= 0.3 is 11.9 Å². The summed E-state index contributed by atoms with van der Waals surface area (Å²) in [6, 6.07) is -0.736. The molecule has 0 N–H and O–H groups in total. The zero-order valence-electron chi connectivity index (χ0n) is 35.6. The summed E-state index contributed by atoms with van der Waals surface area (Å²) in [5.74, 6) is -1.80. The summed E-state index contributed by atoms with van der Waals surface area (Å²) in [4.78, 5) is 36.8. The van der Waals surface area contributed by atoms with E-state index >= 15 is 0 Å². The van der Waals surface area contributed by atoms with Crippen LogP contribution in [0.4, 0.5) is 0 Å². The van der Waals surface area contributed by atoms with Crippen LogP contribution in [0.2, 0.25) is 0 Å². The molecular formula is C47H79NO7. The molecule has 0 aromatic rings. The van der Waals surface area contributed by atoms with E-state index in [0.29, 0.717) is 12.8 Å². The summed E-state index contributed by atoms with van der Waals surface area (Å²) in [6.07, 6.45) is 46.3. The molecule has 8 heteroatoms. The van der Waals surface area contributed by atoms with Gasteiger partial charge in [-0.25, -0.2) is 0 Å². The predicted octanol–water partition coefficient (Wildman–Crippen LogP) is 10.2. The number of nitrogens with zero attached hydrogens (tertiary/aromatic N) is 1. The maximum absolute atomic E-state index is 12.7. The van der Waals surface area contributed by atoms with E-state index in [1.807, 2.05) is 0 Å². The van der Waals surface area contributed by atoms with Crippen molar-refractivity contribution in [2.45, 2.75) is 167 Å². The molecule has 55 heavy (non-hydrogen) atoms. The third-order valence-electron chi connectivity index (χ3n) is 9.10. The molecule has 0 fully saturated rings. The zero-order valence-corrected chi connectivity index (χ0v) is 35.6. The number of unbranched alkanes of at least 4 members (excludes halogenated alkanes) is 12. The van der Waals surface area contributed by atoms with Crippen molar-refractivity contribution in [3.05, 3.63) is 72.9 Å². The lowest BCUT2D eigenvalue weighted by Crippen LogP contribution is -2.55. The van der Waals surface area contributed by atoms with Gasteiger partial charge in [-0.05, 0) is 77.0 Å². The van der Waals surface area contributed by atoms with E-state index in [9.17, 15) is 19.5 Å². The van der Waals surface area contributed by atoms with Crippen molar-refractivity contribution in [2.75, 3.05) is 41.0 Å². The van der Waals surface area contributed by atoms with Crippen molar-refractivity contribution in [2.24, 2.45) is 0 Å². The predicted molar refractivity (Wildman–Crippen MR) is 226 cm³/mol. The van der Waals surface area contributed by atoms with Crippen LogP contribution in [0.15, 0.2) is 72.9 Å². The Bertz CT molecular complexity index is 1130. The molecule has 0 radical (unpaired) electrons. The van der Waals surface area contributed by atoms with Crippen molar-refractivity contribution in [3.63, 3.8) is 0 Å². The summed E-state index contributed by atoms with van der Waals surface area (Å²) < 4.78 is 17.1. The molecule has 0 bridgehead atoms. The SMILES string of the molecule is CC/C=C/C/C=C/C/C=C/C/C=C/CCCCCC(=O)OC(COCCC(C(=O)[O-])[N+](C)(C)C)COC(=O)CCCCCCCC/C=C/C=C/CCCCC. The number of esters is 2. The van der Waals surface area contributed by atoms with Gasteiger partial charge in [-0.1, -0.05) is 132 Å². The van der Waals surface area contributed by atoms with Crippen LogP contribution < -0.4 is 5.11 Å². The number of likely N-dealkylation sites (N-methyl/N-ethyl adjacent to an activating group) is 1. The van der Waals surface area contributed by atoms with Crippen molar-refractivity contribution in [1.82, 2.24) is 0 Å². The molecule has 0 amide bonds. The molecule has 2 unspecified atom stereocenters. The van der Waals surface area contributed by atoms with E-state index in [1.165, 1.54) is 32.1 Å². The van der Waals surface area contributed by atoms with Gasteiger partial charge in [0.15, 0.2) is 6.10 Å². The van der Waals surface area contributed by atoms with Crippen molar-refractivity contribution < 1.29 is 38.2 Å². The molecule has 0 spiro atoms. The zero-order chi connectivity index (χ0) is 40.7. The molecule has 0 aromatic carbocycles. The first-order valence-electron chi connectivity index (χ1n) is 21.5. The highest BCUT2D eigenvalue weighted by Crippen LogP contribution is 2.12. The molecule has 0 saturated heterocycles. The second-order valence-corrected chi connectivity index (χ2v) is 15.2. The molecule has 314 valence electrons. The van der Waals surface area contributed by atoms with E-state index in [-0.39, 0.29) is 49.1 Å². The highest BCUT2D eigenvalue weighted by molar-refractivity contribution is 5.70. The Balaban J connectivity index is 4.46. The number of carbonyl (C=O) groups excluding carboxylic acids is 3. The first kappa shape index (κ1) is 51.8. The van der Waals surface area contributed by atoms with Crippen LogP contribution in [-0.2, 0) is 28.6 Å². The van der Waals surface area contributed by atoms with Gasteiger partial charge in [-0.2, -0.15) is 0 Å². The summed E-state index contributed by atoms with van der Waals surface area (Å²) >= 11 is 0. The average Bonchev–Trinajstić information content (AvgIpc) is 3.14. The van der Waals surface area contributed by atoms with Gasteiger partial charge in [0.2, 0.25) is 0 Å². The van der Waals surface area contributed by atoms with Gasteiger partial charge in [0.05, 0.1) is 40.3 Å². The van der Waals surface area contributed by atoms with Crippen LogP contribution >= 0.6 is 0 Å². The number of quaternary nitrogens is 1. The number of carboxylic acid groups (broad SMARTS) is 1. The van der Waals surface area contributed by atoms with Crippen LogP contribution in [0, 0.1) is 0 Å². The number of aliphatic carboxylic acids is 1. The first-order chi connectivity index (χ1) is 26.6. The highest BCUT2D eigenvalue weighted by Gasteiger charge is 2.25. The van der Waals surface area contributed by atoms with Crippen LogP contribution in [0.5, 0.6) is 0 Å². The fourth-order valence-electron chi connectivity index (χ4n) is 5.76. The lowest BCUT2D eigenvalue weighted by molar-refractivity contribution is -0.889. The molecule has 0 aromatic heterocycles. The Hall–Kier alpha value is -3.23. The Morgan fingerprint density at radius 3 is 1.64 bits per heavy atom. The minimum Gasteiger partial charge on any atom is -0.544 e. The Labute approximate surface area is 336 Å². The largest absolute Gasteiger partial charge is 0.544 e. The monoisotopic (exact) mass is 770 g/mol. The van der Waals surface area contributed by atoms with Gasteiger partial charge in [-0.15, -0.1) is 0 Å². The summed E-state index contributed by atoms with van der Waals surface area (Å²) in [7, 11) is 5.38. The number of ether oxygens (including phenoxy) is 3. The Morgan fingerprint density at radius 1 is 0.582 bits per heavy atom. The minimum absolute atomic E-state index is 0.0200. The second kappa shape index (κ2) is 37.7. The van der Waals surface area contributed by atoms with Crippen molar-refractivity contribution in [3.8, 4) is 0 Å². The summed E-state index contributed by atoms with van der Waals surface area (Å²) in [6.45, 7) is 4.45. The molecule has 0 rings (SSSR count). The normalized spacial score (nSPS) is 13.7. The Kier molecular flexibility index (Phi) is 35.5. The third kappa shape index (κ3) is 36.2. The smallest absolute Gasteiger partial charge is 0.306 e. The van der Waals surface area contributed by atoms with Gasteiger partial charge in [-0.3, -0.25) is 9.59 Å². The van der Waals surface area contributed by atoms with Crippen LogP contribution in [0.1, 0.15) is 155 Å². The molecule has 8 nitrogen and oxygen atoms in total. The van der Waals surface area contributed by atoms with Gasteiger partial charge in [0.1, 0.15) is 12.6 Å². The maximum Gasteiger partial charge on any atom is 0.306 e. The highest BCUT2D eigenvalue weighted by atomic mass is 16.6. The van der Waals surface area contributed by atoms with Crippen LogP contribution in [0.25, 0.3) is 0 Å². The van der Waals surface area contributed by atoms with Crippen molar-refractivity contribution in [1.29, 1.82) is 0 Å². The molecule has 0 aliphatic carbocycles. The van der Waals surface area contributed by atoms with Gasteiger partial charge < -0.3 is 28.6 Å². The molecule has 0 aliphatic rings. The van der Waals surface area contributed by atoms with Gasteiger partial charge in [0, 0.05) is 19.3 Å². The van der Waals surface area contributed by atoms with E-state index < -0.39 is 18.1 Å². The van der Waals surface area contributed by atoms with E-state index in [2.05, 4.69) is 86.8 Å². The topological polar surface area (TPSA) is 102 Å². The molecule has 0 saturated carbocycles. The van der Waals surface area contributed by atoms with E-state index in [4.69, 9.17) is 14.2 Å². The maximum atomic E-state index is 12.7. The summed E-state index contributed by atoms with van der Waals surface area (Å²) in [5, 5.41) is 11.6. The van der Waals surface area contributed by atoms with Crippen LogP contribution in [0.3, 0.4) is 0 Å². The number of allylic oxidation sites excluding steroid dienone is 12. The number of carbonyl (C=O) groups is 3. The van der Waals surface area contributed by atoms with E-state index in [0.717, 1.165) is 83.5 Å². The number of carboxylic acids is 1. The fraction of sp³-hybridized carbons (Fsp3) is 0.681. The first-order valence-corrected chi connectivity index (χ1v) is 21.5. The summed E-state index contributed by atoms with van der Waals surface area (Å²) in [5.41, 5.74) is 0. The quantitative estimate of drug-likeness (QED) is 0.0204. The van der Waals surface area contributed by atoms with Gasteiger partial charge in [0.25, 0.3) is 0 Å². The minimum atomic E-state index is -1.14.